The van der Waals surface area contributed by atoms with Crippen LogP contribution in [0, 0.1) is 5.82 Å². The molecule has 5 heteroatoms. The molecule has 0 bridgehead atoms. The molecule has 1 aliphatic heterocycles. The number of nitrogens with zero attached hydrogens (tertiary/aromatic N) is 1. The Hall–Kier alpha value is -1.30. The molecule has 1 aliphatic carbocycles. The highest BCUT2D eigenvalue weighted by atomic mass is 32.1. The molecule has 0 spiro atoms. The maximum absolute atomic E-state index is 13.7. The monoisotopic (exact) mass is 276 g/mol. The predicted octanol–water partition coefficient (Wildman–Crippen LogP) is 2.32. The first kappa shape index (κ1) is 11.5. The van der Waals surface area contributed by atoms with Crippen molar-refractivity contribution in [3.05, 3.63) is 40.2 Å². The highest BCUT2D eigenvalue weighted by molar-refractivity contribution is 7.18. The number of rotatable bonds is 1. The van der Waals surface area contributed by atoms with Crippen LogP contribution in [0.4, 0.5) is 4.39 Å². The second kappa shape index (κ2) is 3.85. The van der Waals surface area contributed by atoms with Gasteiger partial charge in [0, 0.05) is 25.9 Å². The Balaban J connectivity index is 1.77. The van der Waals surface area contributed by atoms with E-state index in [1.54, 1.807) is 6.07 Å². The largest absolute Gasteiger partial charge is 0.382 e. The van der Waals surface area contributed by atoms with Crippen molar-refractivity contribution >= 4 is 21.6 Å². The molecule has 3 nitrogen and oxygen atoms in total. The molecule has 0 unspecified atom stereocenters. The van der Waals surface area contributed by atoms with E-state index in [1.807, 2.05) is 6.07 Å². The van der Waals surface area contributed by atoms with Crippen molar-refractivity contribution in [2.75, 3.05) is 13.1 Å². The molecule has 19 heavy (non-hydrogen) atoms. The van der Waals surface area contributed by atoms with E-state index >= 15 is 0 Å². The van der Waals surface area contributed by atoms with Gasteiger partial charge in [0.25, 0.3) is 0 Å². The topological polar surface area (TPSA) is 45.2 Å². The van der Waals surface area contributed by atoms with Crippen molar-refractivity contribution in [1.82, 2.24) is 10.3 Å². The van der Waals surface area contributed by atoms with E-state index in [2.05, 4.69) is 10.3 Å². The number of thiazole rings is 1. The average Bonchev–Trinajstić information content (AvgIpc) is 3.01. The van der Waals surface area contributed by atoms with E-state index in [9.17, 15) is 9.50 Å². The number of aromatic nitrogens is 1. The van der Waals surface area contributed by atoms with Crippen molar-refractivity contribution in [2.45, 2.75) is 18.4 Å². The van der Waals surface area contributed by atoms with Gasteiger partial charge in [-0.25, -0.2) is 9.37 Å². The van der Waals surface area contributed by atoms with Crippen LogP contribution in [0.1, 0.15) is 17.8 Å². The van der Waals surface area contributed by atoms with E-state index in [0.717, 1.165) is 17.8 Å². The minimum atomic E-state index is -0.928. The standard InChI is InChI=1S/C14H13FN2OS/c15-10-2-1-3-11-12(10)17-13(19-11)14(18)4-8-6-16-7-9(8)5-14/h1-3,16,18H,4-7H2. The zero-order valence-electron chi connectivity index (χ0n) is 10.2. The van der Waals surface area contributed by atoms with Crippen LogP contribution < -0.4 is 5.32 Å². The Labute approximate surface area is 113 Å². The normalized spacial score (nSPS) is 21.4. The summed E-state index contributed by atoms with van der Waals surface area (Å²) in [5, 5.41) is 14.7. The molecule has 2 heterocycles. The molecule has 2 N–H and O–H groups in total. The molecule has 0 atom stereocenters. The summed E-state index contributed by atoms with van der Waals surface area (Å²) in [5.41, 5.74) is 2.04. The van der Waals surface area contributed by atoms with Crippen molar-refractivity contribution in [3.63, 3.8) is 0 Å². The molecule has 4 rings (SSSR count). The fourth-order valence-electron chi connectivity index (χ4n) is 3.02. The molecule has 2 aliphatic rings. The molecular formula is C14H13FN2OS. The summed E-state index contributed by atoms with van der Waals surface area (Å²) in [6, 6.07) is 4.94. The summed E-state index contributed by atoms with van der Waals surface area (Å²) in [6.07, 6.45) is 1.24. The minimum Gasteiger partial charge on any atom is -0.382 e. The van der Waals surface area contributed by atoms with E-state index < -0.39 is 5.60 Å². The second-order valence-electron chi connectivity index (χ2n) is 5.30. The third kappa shape index (κ3) is 1.65. The van der Waals surface area contributed by atoms with Crippen LogP contribution in [0.15, 0.2) is 29.3 Å². The Morgan fingerprint density at radius 3 is 2.68 bits per heavy atom. The first-order chi connectivity index (χ1) is 9.16. The molecule has 1 aromatic heterocycles. The lowest BCUT2D eigenvalue weighted by atomic mass is 9.99. The third-order valence-electron chi connectivity index (χ3n) is 3.96. The average molecular weight is 276 g/mol. The van der Waals surface area contributed by atoms with Crippen LogP contribution >= 0.6 is 11.3 Å². The zero-order valence-corrected chi connectivity index (χ0v) is 11.1. The Kier molecular flexibility index (Phi) is 2.33. The minimum absolute atomic E-state index is 0.316. The van der Waals surface area contributed by atoms with Crippen LogP contribution in [0.2, 0.25) is 0 Å². The number of hydrogen-bond acceptors (Lipinski definition) is 4. The number of nitrogens with one attached hydrogen (secondary N) is 1. The molecule has 0 saturated heterocycles. The van der Waals surface area contributed by atoms with Crippen molar-refractivity contribution in [1.29, 1.82) is 0 Å². The number of para-hydroxylation sites is 1. The Bertz CT molecular complexity index is 691. The van der Waals surface area contributed by atoms with Crippen LogP contribution in [0.3, 0.4) is 0 Å². The van der Waals surface area contributed by atoms with Gasteiger partial charge in [0.1, 0.15) is 21.9 Å². The molecule has 2 aromatic rings. The Morgan fingerprint density at radius 1 is 1.26 bits per heavy atom. The van der Waals surface area contributed by atoms with E-state index in [1.165, 1.54) is 28.5 Å². The van der Waals surface area contributed by atoms with Gasteiger partial charge in [-0.1, -0.05) is 17.2 Å². The van der Waals surface area contributed by atoms with Gasteiger partial charge in [-0.05, 0) is 12.1 Å². The first-order valence-corrected chi connectivity index (χ1v) is 7.16. The highest BCUT2D eigenvalue weighted by Gasteiger charge is 2.42. The summed E-state index contributed by atoms with van der Waals surface area (Å²) >= 11 is 1.40. The van der Waals surface area contributed by atoms with Crippen molar-refractivity contribution in [3.8, 4) is 0 Å². The number of fused-ring (bicyclic) bond motifs is 1. The molecule has 0 saturated carbocycles. The third-order valence-corrected chi connectivity index (χ3v) is 5.17. The number of halogens is 1. The summed E-state index contributed by atoms with van der Waals surface area (Å²) in [6.45, 7) is 1.72. The smallest absolute Gasteiger partial charge is 0.150 e. The predicted molar refractivity (Wildman–Crippen MR) is 72.6 cm³/mol. The summed E-state index contributed by atoms with van der Waals surface area (Å²) in [4.78, 5) is 4.34. The van der Waals surface area contributed by atoms with Crippen LogP contribution in [-0.2, 0) is 5.60 Å². The van der Waals surface area contributed by atoms with Crippen LogP contribution in [-0.4, -0.2) is 23.2 Å². The van der Waals surface area contributed by atoms with E-state index in [-0.39, 0.29) is 5.82 Å². The zero-order chi connectivity index (χ0) is 13.0. The van der Waals surface area contributed by atoms with Gasteiger partial charge in [-0.3, -0.25) is 0 Å². The van der Waals surface area contributed by atoms with E-state index in [0.29, 0.717) is 23.4 Å². The van der Waals surface area contributed by atoms with Gasteiger partial charge in [-0.15, -0.1) is 11.3 Å². The van der Waals surface area contributed by atoms with Crippen LogP contribution in [0.5, 0.6) is 0 Å². The number of hydrogen-bond donors (Lipinski definition) is 2. The maximum Gasteiger partial charge on any atom is 0.150 e. The maximum atomic E-state index is 13.7. The van der Waals surface area contributed by atoms with Crippen molar-refractivity contribution < 1.29 is 9.50 Å². The Morgan fingerprint density at radius 2 is 2.00 bits per heavy atom. The lowest BCUT2D eigenvalue weighted by Crippen LogP contribution is -2.26. The summed E-state index contributed by atoms with van der Waals surface area (Å²) in [5.74, 6) is -0.316. The number of benzene rings is 1. The van der Waals surface area contributed by atoms with Gasteiger partial charge in [0.2, 0.25) is 0 Å². The highest BCUT2D eigenvalue weighted by Crippen LogP contribution is 2.45. The second-order valence-corrected chi connectivity index (χ2v) is 6.33. The quantitative estimate of drug-likeness (QED) is 0.786. The molecular weight excluding hydrogens is 263 g/mol. The first-order valence-electron chi connectivity index (χ1n) is 6.34. The molecule has 98 valence electrons. The van der Waals surface area contributed by atoms with Gasteiger partial charge in [0.05, 0.1) is 4.70 Å². The molecule has 0 amide bonds. The van der Waals surface area contributed by atoms with Crippen molar-refractivity contribution in [2.24, 2.45) is 0 Å². The lowest BCUT2D eigenvalue weighted by molar-refractivity contribution is 0.0460. The molecule has 0 fully saturated rings. The summed E-state index contributed by atoms with van der Waals surface area (Å²) < 4.78 is 14.5. The van der Waals surface area contributed by atoms with Gasteiger partial charge in [-0.2, -0.15) is 0 Å². The molecule has 0 radical (unpaired) electrons. The fraction of sp³-hybridized carbons (Fsp3) is 0.357. The van der Waals surface area contributed by atoms with Gasteiger partial charge >= 0.3 is 0 Å². The summed E-state index contributed by atoms with van der Waals surface area (Å²) in [7, 11) is 0. The van der Waals surface area contributed by atoms with E-state index in [4.69, 9.17) is 0 Å². The van der Waals surface area contributed by atoms with Gasteiger partial charge in [0.15, 0.2) is 0 Å². The SMILES string of the molecule is OC1(c2nc3c(F)cccc3s2)CC2=C(CNC2)C1. The van der Waals surface area contributed by atoms with Crippen LogP contribution in [0.25, 0.3) is 10.2 Å². The number of aliphatic hydroxyl groups is 1. The van der Waals surface area contributed by atoms with Gasteiger partial charge < -0.3 is 10.4 Å². The lowest BCUT2D eigenvalue weighted by Gasteiger charge is -2.21. The fourth-order valence-corrected chi connectivity index (χ4v) is 4.09. The molecule has 1 aromatic carbocycles.